The highest BCUT2D eigenvalue weighted by Gasteiger charge is 2.32. The van der Waals surface area contributed by atoms with E-state index in [0.717, 1.165) is 12.8 Å². The smallest absolute Gasteiger partial charge is 0.238 e. The molecular formula is C9H18N2O3S. The predicted molar refractivity (Wildman–Crippen MR) is 58.1 cm³/mol. The van der Waals surface area contributed by atoms with Gasteiger partial charge in [-0.15, -0.1) is 0 Å². The third kappa shape index (κ3) is 3.79. The summed E-state index contributed by atoms with van der Waals surface area (Å²) in [6.45, 7) is 2.53. The number of hydrogen-bond donors (Lipinski definition) is 1. The number of amides is 1. The molecule has 15 heavy (non-hydrogen) atoms. The zero-order valence-corrected chi connectivity index (χ0v) is 9.79. The van der Waals surface area contributed by atoms with Crippen LogP contribution in [0, 0.1) is 0 Å². The van der Waals surface area contributed by atoms with E-state index in [0.29, 0.717) is 6.54 Å². The van der Waals surface area contributed by atoms with Gasteiger partial charge in [-0.3, -0.25) is 4.79 Å². The van der Waals surface area contributed by atoms with Crippen molar-refractivity contribution in [3.8, 4) is 0 Å². The van der Waals surface area contributed by atoms with Crippen molar-refractivity contribution < 1.29 is 13.2 Å². The molecule has 2 N–H and O–H groups in total. The molecule has 1 amide bonds. The van der Waals surface area contributed by atoms with Gasteiger partial charge in [0.25, 0.3) is 0 Å². The Morgan fingerprint density at radius 3 is 2.47 bits per heavy atom. The van der Waals surface area contributed by atoms with Crippen LogP contribution >= 0.6 is 0 Å². The molecule has 0 aromatic rings. The predicted octanol–water partition coefficient (Wildman–Crippen LogP) is -0.629. The van der Waals surface area contributed by atoms with Gasteiger partial charge >= 0.3 is 0 Å². The Kier molecular flexibility index (Phi) is 4.10. The van der Waals surface area contributed by atoms with E-state index in [4.69, 9.17) is 5.73 Å². The van der Waals surface area contributed by atoms with Crippen molar-refractivity contribution in [1.82, 2.24) is 4.90 Å². The Morgan fingerprint density at radius 2 is 2.07 bits per heavy atom. The molecule has 0 spiro atoms. The first-order valence-electron chi connectivity index (χ1n) is 5.20. The highest BCUT2D eigenvalue weighted by atomic mass is 32.2. The van der Waals surface area contributed by atoms with Crippen LogP contribution in [0.2, 0.25) is 0 Å². The molecule has 0 heterocycles. The highest BCUT2D eigenvalue weighted by molar-refractivity contribution is 7.92. The Labute approximate surface area is 90.5 Å². The summed E-state index contributed by atoms with van der Waals surface area (Å²) in [4.78, 5) is 13.3. The minimum absolute atomic E-state index is 0.0746. The summed E-state index contributed by atoms with van der Waals surface area (Å²) in [6.07, 6.45) is 1.99. The van der Waals surface area contributed by atoms with Crippen molar-refractivity contribution in [2.24, 2.45) is 5.73 Å². The normalized spacial score (nSPS) is 16.4. The molecule has 0 unspecified atom stereocenters. The molecule has 0 atom stereocenters. The number of carbonyl (C=O) groups is 1. The third-order valence-corrected chi connectivity index (χ3v) is 3.97. The van der Waals surface area contributed by atoms with Crippen LogP contribution in [-0.4, -0.2) is 49.9 Å². The molecule has 1 aliphatic rings. The fraction of sp³-hybridized carbons (Fsp3) is 0.889. The van der Waals surface area contributed by atoms with Gasteiger partial charge in [-0.2, -0.15) is 0 Å². The molecule has 1 aliphatic carbocycles. The van der Waals surface area contributed by atoms with Crippen LogP contribution in [0.25, 0.3) is 0 Å². The summed E-state index contributed by atoms with van der Waals surface area (Å²) in [5, 5.41) is 0. The van der Waals surface area contributed by atoms with E-state index in [1.54, 1.807) is 4.90 Å². The molecule has 1 saturated carbocycles. The van der Waals surface area contributed by atoms with Gasteiger partial charge in [0.2, 0.25) is 5.91 Å². The van der Waals surface area contributed by atoms with Crippen LogP contribution in [0.3, 0.4) is 0 Å². The lowest BCUT2D eigenvalue weighted by Gasteiger charge is -2.20. The number of rotatable bonds is 6. The summed E-state index contributed by atoms with van der Waals surface area (Å²) in [5.41, 5.74) is 5.17. The van der Waals surface area contributed by atoms with Crippen molar-refractivity contribution in [1.29, 1.82) is 0 Å². The monoisotopic (exact) mass is 234 g/mol. The fourth-order valence-electron chi connectivity index (χ4n) is 1.55. The van der Waals surface area contributed by atoms with E-state index in [9.17, 15) is 13.2 Å². The lowest BCUT2D eigenvalue weighted by Crippen LogP contribution is -2.38. The highest BCUT2D eigenvalue weighted by Crippen LogP contribution is 2.26. The lowest BCUT2D eigenvalue weighted by atomic mass is 10.4. The average Bonchev–Trinajstić information content (AvgIpc) is 2.87. The van der Waals surface area contributed by atoms with Crippen LogP contribution in [0.15, 0.2) is 0 Å². The zero-order valence-electron chi connectivity index (χ0n) is 8.98. The first kappa shape index (κ1) is 12.4. The summed E-state index contributed by atoms with van der Waals surface area (Å²) in [7, 11) is -3.31. The molecule has 0 saturated heterocycles. The SMILES string of the molecule is CCN(C(=O)CS(=O)(=O)CCN)C1CC1. The summed E-state index contributed by atoms with van der Waals surface area (Å²) in [6, 6.07) is 0.274. The van der Waals surface area contributed by atoms with Gasteiger partial charge in [0.1, 0.15) is 5.75 Å². The van der Waals surface area contributed by atoms with Gasteiger partial charge in [-0.1, -0.05) is 0 Å². The molecular weight excluding hydrogens is 216 g/mol. The summed E-state index contributed by atoms with van der Waals surface area (Å²) < 4.78 is 22.8. The van der Waals surface area contributed by atoms with Gasteiger partial charge in [0.15, 0.2) is 9.84 Å². The van der Waals surface area contributed by atoms with Crippen LogP contribution in [0.1, 0.15) is 19.8 Å². The lowest BCUT2D eigenvalue weighted by molar-refractivity contribution is -0.128. The first-order chi connectivity index (χ1) is 7.00. The van der Waals surface area contributed by atoms with E-state index in [1.807, 2.05) is 6.92 Å². The molecule has 0 aromatic carbocycles. The van der Waals surface area contributed by atoms with E-state index in [1.165, 1.54) is 0 Å². The Bertz CT molecular complexity index is 322. The van der Waals surface area contributed by atoms with E-state index < -0.39 is 15.6 Å². The minimum atomic E-state index is -3.31. The topological polar surface area (TPSA) is 80.5 Å². The summed E-state index contributed by atoms with van der Waals surface area (Å²) >= 11 is 0. The van der Waals surface area contributed by atoms with E-state index >= 15 is 0 Å². The van der Waals surface area contributed by atoms with Crippen molar-refractivity contribution >= 4 is 15.7 Å². The molecule has 0 aliphatic heterocycles. The first-order valence-corrected chi connectivity index (χ1v) is 7.02. The maximum Gasteiger partial charge on any atom is 0.238 e. The molecule has 0 bridgehead atoms. The van der Waals surface area contributed by atoms with Crippen LogP contribution in [-0.2, 0) is 14.6 Å². The van der Waals surface area contributed by atoms with Crippen molar-refractivity contribution in [3.05, 3.63) is 0 Å². The van der Waals surface area contributed by atoms with Crippen LogP contribution < -0.4 is 5.73 Å². The van der Waals surface area contributed by atoms with Gasteiger partial charge in [-0.05, 0) is 19.8 Å². The zero-order chi connectivity index (χ0) is 11.5. The maximum absolute atomic E-state index is 11.7. The molecule has 0 aromatic heterocycles. The van der Waals surface area contributed by atoms with Gasteiger partial charge < -0.3 is 10.6 Å². The Balaban J connectivity index is 2.53. The Hall–Kier alpha value is -0.620. The van der Waals surface area contributed by atoms with E-state index in [-0.39, 0.29) is 24.2 Å². The number of nitrogens with two attached hydrogens (primary N) is 1. The third-order valence-electron chi connectivity index (χ3n) is 2.42. The van der Waals surface area contributed by atoms with Crippen LogP contribution in [0.5, 0.6) is 0 Å². The minimum Gasteiger partial charge on any atom is -0.339 e. The Morgan fingerprint density at radius 1 is 1.47 bits per heavy atom. The second kappa shape index (κ2) is 4.94. The molecule has 1 rings (SSSR count). The van der Waals surface area contributed by atoms with Gasteiger partial charge in [-0.25, -0.2) is 8.42 Å². The average molecular weight is 234 g/mol. The second-order valence-corrected chi connectivity index (χ2v) is 5.98. The number of sulfone groups is 1. The molecule has 1 fully saturated rings. The molecule has 6 heteroatoms. The molecule has 88 valence electrons. The van der Waals surface area contributed by atoms with Crippen LogP contribution in [0.4, 0.5) is 0 Å². The largest absolute Gasteiger partial charge is 0.339 e. The van der Waals surface area contributed by atoms with Crippen molar-refractivity contribution in [2.75, 3.05) is 24.6 Å². The maximum atomic E-state index is 11.7. The summed E-state index contributed by atoms with van der Waals surface area (Å²) in [5.74, 6) is -0.788. The standard InChI is InChI=1S/C9H18N2O3S/c1-2-11(8-3-4-8)9(12)7-15(13,14)6-5-10/h8H,2-7,10H2,1H3. The van der Waals surface area contributed by atoms with Crippen molar-refractivity contribution in [2.45, 2.75) is 25.8 Å². The molecule has 0 radical (unpaired) electrons. The second-order valence-electron chi connectivity index (χ2n) is 3.79. The van der Waals surface area contributed by atoms with Crippen molar-refractivity contribution in [3.63, 3.8) is 0 Å². The molecule has 5 nitrogen and oxygen atoms in total. The quantitative estimate of drug-likeness (QED) is 0.663. The van der Waals surface area contributed by atoms with E-state index in [2.05, 4.69) is 0 Å². The fourth-order valence-corrected chi connectivity index (χ4v) is 2.59. The number of carbonyl (C=O) groups excluding carboxylic acids is 1. The number of nitrogens with zero attached hydrogens (tertiary/aromatic N) is 1. The van der Waals surface area contributed by atoms with Gasteiger partial charge in [0.05, 0.1) is 5.75 Å². The van der Waals surface area contributed by atoms with Gasteiger partial charge in [0, 0.05) is 19.1 Å². The number of hydrogen-bond acceptors (Lipinski definition) is 4.